The number of sulfonamides is 1. The average molecular weight is 441 g/mol. The lowest BCUT2D eigenvalue weighted by Crippen LogP contribution is -2.48. The molecule has 0 aromatic heterocycles. The van der Waals surface area contributed by atoms with Crippen molar-refractivity contribution in [1.82, 2.24) is 9.21 Å². The molecule has 1 heterocycles. The minimum absolute atomic E-state index is 0.106. The molecule has 2 unspecified atom stereocenters. The molecule has 8 nitrogen and oxygen atoms in total. The van der Waals surface area contributed by atoms with Crippen molar-refractivity contribution < 1.29 is 27.5 Å². The molecular weight excluding hydrogens is 408 g/mol. The van der Waals surface area contributed by atoms with Gasteiger partial charge in [-0.15, -0.1) is 0 Å². The van der Waals surface area contributed by atoms with Crippen molar-refractivity contribution in [2.45, 2.75) is 51.2 Å². The van der Waals surface area contributed by atoms with Gasteiger partial charge in [-0.25, -0.2) is 8.42 Å². The molecule has 168 valence electrons. The van der Waals surface area contributed by atoms with Crippen LogP contribution in [0.25, 0.3) is 0 Å². The Bertz CT molecular complexity index is 828. The predicted molar refractivity (Wildman–Crippen MR) is 113 cm³/mol. The van der Waals surface area contributed by atoms with Gasteiger partial charge in [-0.2, -0.15) is 4.31 Å². The van der Waals surface area contributed by atoms with Gasteiger partial charge >= 0.3 is 5.97 Å². The number of amides is 1. The zero-order chi connectivity index (χ0) is 22.5. The lowest BCUT2D eigenvalue weighted by Gasteiger charge is -2.34. The number of hydrogen-bond acceptors (Lipinski definition) is 6. The summed E-state index contributed by atoms with van der Waals surface area (Å²) in [5.74, 6) is -0.409. The van der Waals surface area contributed by atoms with Gasteiger partial charge in [0.2, 0.25) is 10.0 Å². The van der Waals surface area contributed by atoms with Crippen LogP contribution < -0.4 is 0 Å². The number of esters is 1. The molecular formula is C21H32N2O6S. The summed E-state index contributed by atoms with van der Waals surface area (Å²) in [6.07, 6.45) is -0.248. The Labute approximate surface area is 179 Å². The normalized spacial score (nSPS) is 20.2. The number of rotatable bonds is 8. The van der Waals surface area contributed by atoms with E-state index < -0.39 is 10.0 Å². The molecule has 1 aliphatic rings. The first kappa shape index (κ1) is 24.3. The summed E-state index contributed by atoms with van der Waals surface area (Å²) in [5, 5.41) is 0. The Morgan fingerprint density at radius 1 is 1.17 bits per heavy atom. The molecule has 2 rings (SSSR count). The minimum Gasteiger partial charge on any atom is -0.469 e. The molecule has 30 heavy (non-hydrogen) atoms. The standard InChI is InChI=1S/C21H32N2O6S/c1-15(2)12-22(11-10-20(24)28-5)21(25)18-6-8-19(9-7-18)30(26,27)23-13-16(3)29-17(4)14-23/h6-9,15-17H,10-14H2,1-5H3. The van der Waals surface area contributed by atoms with Crippen molar-refractivity contribution in [2.24, 2.45) is 5.92 Å². The molecule has 1 aromatic rings. The van der Waals surface area contributed by atoms with Gasteiger partial charge in [-0.3, -0.25) is 9.59 Å². The second-order valence-electron chi connectivity index (χ2n) is 8.07. The molecule has 0 spiro atoms. The van der Waals surface area contributed by atoms with Crippen molar-refractivity contribution in [2.75, 3.05) is 33.3 Å². The van der Waals surface area contributed by atoms with Crippen LogP contribution in [0.2, 0.25) is 0 Å². The highest BCUT2D eigenvalue weighted by atomic mass is 32.2. The third kappa shape index (κ3) is 6.26. The molecule has 0 radical (unpaired) electrons. The van der Waals surface area contributed by atoms with Gasteiger partial charge in [0.05, 0.1) is 30.6 Å². The summed E-state index contributed by atoms with van der Waals surface area (Å²) in [6.45, 7) is 8.98. The maximum Gasteiger partial charge on any atom is 0.307 e. The maximum atomic E-state index is 13.0. The number of ether oxygens (including phenoxy) is 2. The van der Waals surface area contributed by atoms with E-state index in [1.54, 1.807) is 4.90 Å². The molecule has 0 N–H and O–H groups in total. The predicted octanol–water partition coefficient (Wildman–Crippen LogP) is 2.15. The first-order valence-electron chi connectivity index (χ1n) is 10.2. The van der Waals surface area contributed by atoms with E-state index in [4.69, 9.17) is 4.74 Å². The van der Waals surface area contributed by atoms with Gasteiger partial charge in [0.1, 0.15) is 0 Å². The molecule has 2 atom stereocenters. The third-order valence-electron chi connectivity index (χ3n) is 4.81. The van der Waals surface area contributed by atoms with Crippen LogP contribution in [0.4, 0.5) is 0 Å². The summed E-state index contributed by atoms with van der Waals surface area (Å²) in [4.78, 5) is 26.1. The molecule has 1 fully saturated rings. The average Bonchev–Trinajstić information content (AvgIpc) is 2.69. The zero-order valence-corrected chi connectivity index (χ0v) is 19.1. The van der Waals surface area contributed by atoms with Crippen molar-refractivity contribution in [3.05, 3.63) is 29.8 Å². The Morgan fingerprint density at radius 2 is 1.73 bits per heavy atom. The molecule has 1 aromatic carbocycles. The largest absolute Gasteiger partial charge is 0.469 e. The van der Waals surface area contributed by atoms with E-state index in [0.717, 1.165) is 0 Å². The number of hydrogen-bond donors (Lipinski definition) is 0. The highest BCUT2D eigenvalue weighted by Gasteiger charge is 2.32. The van der Waals surface area contributed by atoms with Crippen LogP contribution in [0.5, 0.6) is 0 Å². The lowest BCUT2D eigenvalue weighted by atomic mass is 10.1. The zero-order valence-electron chi connectivity index (χ0n) is 18.3. The van der Waals surface area contributed by atoms with E-state index in [1.807, 2.05) is 27.7 Å². The minimum atomic E-state index is -3.67. The van der Waals surface area contributed by atoms with Gasteiger partial charge in [0.15, 0.2) is 0 Å². The van der Waals surface area contributed by atoms with Gasteiger partial charge in [0, 0.05) is 31.7 Å². The van der Waals surface area contributed by atoms with Crippen LogP contribution >= 0.6 is 0 Å². The molecule has 0 aliphatic carbocycles. The summed E-state index contributed by atoms with van der Waals surface area (Å²) in [5.41, 5.74) is 0.378. The summed E-state index contributed by atoms with van der Waals surface area (Å²) in [6, 6.07) is 5.96. The highest BCUT2D eigenvalue weighted by molar-refractivity contribution is 7.89. The maximum absolute atomic E-state index is 13.0. The van der Waals surface area contributed by atoms with E-state index in [9.17, 15) is 18.0 Å². The number of nitrogens with zero attached hydrogens (tertiary/aromatic N) is 2. The quantitative estimate of drug-likeness (QED) is 0.575. The van der Waals surface area contributed by atoms with E-state index >= 15 is 0 Å². The smallest absolute Gasteiger partial charge is 0.307 e. The molecule has 9 heteroatoms. The third-order valence-corrected chi connectivity index (χ3v) is 6.66. The molecule has 0 bridgehead atoms. The molecule has 1 saturated heterocycles. The Hall–Kier alpha value is -1.97. The first-order valence-corrected chi connectivity index (χ1v) is 11.6. The first-order chi connectivity index (χ1) is 14.0. The second kappa shape index (κ2) is 10.4. The number of methoxy groups -OCH3 is 1. The highest BCUT2D eigenvalue weighted by Crippen LogP contribution is 2.22. The topological polar surface area (TPSA) is 93.2 Å². The molecule has 1 aliphatic heterocycles. The SMILES string of the molecule is COC(=O)CCN(CC(C)C)C(=O)c1ccc(S(=O)(=O)N2CC(C)OC(C)C2)cc1. The number of carbonyl (C=O) groups excluding carboxylic acids is 2. The van der Waals surface area contributed by atoms with E-state index in [2.05, 4.69) is 4.74 Å². The summed E-state index contributed by atoms with van der Waals surface area (Å²) < 4.78 is 37.6. The van der Waals surface area contributed by atoms with Crippen LogP contribution in [-0.2, 0) is 24.3 Å². The molecule has 1 amide bonds. The number of benzene rings is 1. The Kier molecular flexibility index (Phi) is 8.40. The van der Waals surface area contributed by atoms with Gasteiger partial charge in [-0.1, -0.05) is 13.8 Å². The summed E-state index contributed by atoms with van der Waals surface area (Å²) in [7, 11) is -2.36. The van der Waals surface area contributed by atoms with Gasteiger partial charge < -0.3 is 14.4 Å². The number of morpholine rings is 1. The van der Waals surface area contributed by atoms with Crippen LogP contribution in [0.3, 0.4) is 0 Å². The van der Waals surface area contributed by atoms with Crippen LogP contribution in [0.1, 0.15) is 44.5 Å². The van der Waals surface area contributed by atoms with Crippen molar-refractivity contribution >= 4 is 21.9 Å². The molecule has 0 saturated carbocycles. The fraction of sp³-hybridized carbons (Fsp3) is 0.619. The fourth-order valence-corrected chi connectivity index (χ4v) is 5.06. The van der Waals surface area contributed by atoms with Crippen LogP contribution in [-0.4, -0.2) is 75.0 Å². The van der Waals surface area contributed by atoms with Crippen LogP contribution in [0.15, 0.2) is 29.2 Å². The van der Waals surface area contributed by atoms with Gasteiger partial charge in [-0.05, 0) is 44.0 Å². The van der Waals surface area contributed by atoms with E-state index in [1.165, 1.54) is 35.7 Å². The van der Waals surface area contributed by atoms with E-state index in [0.29, 0.717) is 25.2 Å². The monoisotopic (exact) mass is 440 g/mol. The second-order valence-corrected chi connectivity index (χ2v) is 10.0. The van der Waals surface area contributed by atoms with Crippen molar-refractivity contribution in [1.29, 1.82) is 0 Å². The Morgan fingerprint density at radius 3 is 2.23 bits per heavy atom. The fourth-order valence-electron chi connectivity index (χ4n) is 3.47. The van der Waals surface area contributed by atoms with Crippen molar-refractivity contribution in [3.8, 4) is 0 Å². The Balaban J connectivity index is 2.17. The van der Waals surface area contributed by atoms with E-state index in [-0.39, 0.29) is 47.9 Å². The van der Waals surface area contributed by atoms with Crippen LogP contribution in [0, 0.1) is 5.92 Å². The summed E-state index contributed by atoms with van der Waals surface area (Å²) >= 11 is 0. The van der Waals surface area contributed by atoms with Crippen molar-refractivity contribution in [3.63, 3.8) is 0 Å². The number of carbonyl (C=O) groups is 2. The van der Waals surface area contributed by atoms with Gasteiger partial charge in [0.25, 0.3) is 5.91 Å². The lowest BCUT2D eigenvalue weighted by molar-refractivity contribution is -0.140.